The molecule has 2 bridgehead atoms. The maximum Gasteiger partial charge on any atom is 0.430 e. The predicted octanol–water partition coefficient (Wildman–Crippen LogP) is 4.05. The van der Waals surface area contributed by atoms with Crippen LogP contribution >= 0.6 is 0 Å². The van der Waals surface area contributed by atoms with E-state index in [9.17, 15) is 22.8 Å². The summed E-state index contributed by atoms with van der Waals surface area (Å²) in [6.07, 6.45) is -0.420. The lowest BCUT2D eigenvalue weighted by atomic mass is 9.69. The van der Waals surface area contributed by atoms with Gasteiger partial charge in [0.15, 0.2) is 0 Å². The number of ether oxygens (including phenoxy) is 2. The van der Waals surface area contributed by atoms with E-state index in [4.69, 9.17) is 13.6 Å². The second-order valence-electron chi connectivity index (χ2n) is 13.0. The molecule has 0 aromatic carbocycles. The fraction of sp³-hybridized carbons (Fsp3) is 0.880. The van der Waals surface area contributed by atoms with Crippen LogP contribution in [0.5, 0.6) is 0 Å². The first-order valence-corrected chi connectivity index (χ1v) is 14.0. The second kappa shape index (κ2) is 8.77. The van der Waals surface area contributed by atoms with Crippen molar-refractivity contribution in [3.8, 4) is 0 Å². The lowest BCUT2D eigenvalue weighted by molar-refractivity contribution is -0.137. The van der Waals surface area contributed by atoms with Crippen molar-refractivity contribution in [3.63, 3.8) is 0 Å². The Morgan fingerprint density at radius 1 is 1.11 bits per heavy atom. The van der Waals surface area contributed by atoms with E-state index >= 15 is 0 Å². The molecule has 0 aromatic rings. The van der Waals surface area contributed by atoms with Crippen LogP contribution in [-0.4, -0.2) is 64.9 Å². The van der Waals surface area contributed by atoms with E-state index in [1.54, 1.807) is 41.5 Å². The van der Waals surface area contributed by atoms with Gasteiger partial charge in [-0.1, -0.05) is 27.6 Å². The number of hydrazine groups is 1. The first kappa shape index (κ1) is 24.3. The van der Waals surface area contributed by atoms with Crippen LogP contribution in [-0.2, 0) is 24.3 Å². The van der Waals surface area contributed by atoms with E-state index in [2.05, 4.69) is 5.43 Å². The highest BCUT2D eigenvalue weighted by Gasteiger charge is 2.72. The molecule has 1 N–H and O–H groups in total. The van der Waals surface area contributed by atoms with E-state index in [0.29, 0.717) is 17.9 Å². The van der Waals surface area contributed by atoms with Gasteiger partial charge in [0.05, 0.1) is 11.8 Å². The number of carbonyl (C=O) groups excluding carboxylic acids is 3. The molecule has 0 radical (unpaired) electrons. The Morgan fingerprint density at radius 3 is 2.19 bits per heavy atom. The van der Waals surface area contributed by atoms with Crippen LogP contribution in [0.4, 0.5) is 9.59 Å². The third-order valence-electron chi connectivity index (χ3n) is 7.83. The van der Waals surface area contributed by atoms with Gasteiger partial charge in [-0.2, -0.15) is 0 Å². The van der Waals surface area contributed by atoms with E-state index < -0.39 is 69.6 Å². The summed E-state index contributed by atoms with van der Waals surface area (Å²) in [6.45, 7) is 11.9. The molecule has 10 nitrogen and oxygen atoms in total. The third kappa shape index (κ3) is 4.91. The van der Waals surface area contributed by atoms with Gasteiger partial charge in [0.2, 0.25) is 10.0 Å². The van der Waals surface area contributed by atoms with Crippen molar-refractivity contribution < 1.29 is 36.4 Å². The number of hydrogen-bond acceptors (Lipinski definition) is 7. The number of rotatable bonds is 3. The SMILES string of the molecule is [2H]C([2H])([2H])[C@H](C)[C@@H](C(=O)N1[C@@H]2C[C@H]3CC[C@]2(CS1(=O)=O)C3(C)C)N(NC(=O)OC(C)(C)C)C(=O)OC(C)(C)C. The van der Waals surface area contributed by atoms with Crippen LogP contribution in [0, 0.1) is 22.7 Å². The molecule has 1 saturated heterocycles. The van der Waals surface area contributed by atoms with Crippen molar-refractivity contribution in [2.45, 2.75) is 112 Å². The second-order valence-corrected chi connectivity index (χ2v) is 14.8. The molecule has 11 heteroatoms. The van der Waals surface area contributed by atoms with Gasteiger partial charge >= 0.3 is 12.2 Å². The lowest BCUT2D eigenvalue weighted by Crippen LogP contribution is -2.62. The molecule has 206 valence electrons. The fourth-order valence-electron chi connectivity index (χ4n) is 6.20. The molecule has 3 aliphatic rings. The summed E-state index contributed by atoms with van der Waals surface area (Å²) >= 11 is 0. The monoisotopic (exact) mass is 532 g/mol. The van der Waals surface area contributed by atoms with Crippen LogP contribution in [0.3, 0.4) is 0 Å². The molecule has 1 spiro atoms. The lowest BCUT2D eigenvalue weighted by Gasteiger charge is -2.39. The molecule has 1 aliphatic heterocycles. The van der Waals surface area contributed by atoms with E-state index in [0.717, 1.165) is 10.7 Å². The third-order valence-corrected chi connectivity index (χ3v) is 9.75. The average Bonchev–Trinajstić information content (AvgIpc) is 3.17. The van der Waals surface area contributed by atoms with Crippen molar-refractivity contribution in [2.75, 3.05) is 5.75 Å². The molecule has 1 heterocycles. The molecule has 2 saturated carbocycles. The van der Waals surface area contributed by atoms with E-state index in [1.165, 1.54) is 6.92 Å². The Morgan fingerprint density at radius 2 is 1.69 bits per heavy atom. The molecule has 3 amide bonds. The van der Waals surface area contributed by atoms with Gasteiger partial charge in [-0.15, -0.1) is 0 Å². The summed E-state index contributed by atoms with van der Waals surface area (Å²) < 4.78 is 62.9. The van der Waals surface area contributed by atoms with Crippen LogP contribution in [0.2, 0.25) is 0 Å². The first-order valence-electron chi connectivity index (χ1n) is 13.9. The standard InChI is InChI=1S/C25H43N3O7S/c1-15(2)18(27(21(31)35-23(6,7)8)26-20(30)34-22(3,4)5)19(29)28-17-13-16-11-12-25(17,24(16,9)10)14-36(28,32)33/h15-18H,11-14H2,1-10H3,(H,26,30)/t16-,17-,18+,25-/m1/s1/i1D3/t15-,16-,17-,18+,25-. The zero-order chi connectivity index (χ0) is 30.1. The smallest absolute Gasteiger partial charge is 0.430 e. The molecule has 3 rings (SSSR count). The summed E-state index contributed by atoms with van der Waals surface area (Å²) in [4.78, 5) is 40.5. The number of fused-ring (bicyclic) bond motifs is 1. The number of sulfonamides is 1. The molecular weight excluding hydrogens is 486 g/mol. The minimum Gasteiger partial charge on any atom is -0.443 e. The summed E-state index contributed by atoms with van der Waals surface area (Å²) in [7, 11) is -4.16. The quantitative estimate of drug-likeness (QED) is 0.544. The number of carbonyl (C=O) groups is 3. The molecule has 0 aromatic heterocycles. The Labute approximate surface area is 219 Å². The fourth-order valence-corrected chi connectivity index (χ4v) is 8.75. The van der Waals surface area contributed by atoms with Crippen molar-refractivity contribution in [1.29, 1.82) is 0 Å². The van der Waals surface area contributed by atoms with Crippen LogP contribution < -0.4 is 5.43 Å². The maximum atomic E-state index is 14.3. The minimum absolute atomic E-state index is 0.202. The number of hydrogen-bond donors (Lipinski definition) is 1. The van der Waals surface area contributed by atoms with Gasteiger partial charge in [-0.3, -0.25) is 4.79 Å². The summed E-state index contributed by atoms with van der Waals surface area (Å²) in [5.41, 5.74) is -0.891. The van der Waals surface area contributed by atoms with Crippen molar-refractivity contribution >= 4 is 28.1 Å². The first-order chi connectivity index (χ1) is 17.3. The van der Waals surface area contributed by atoms with Crippen LogP contribution in [0.25, 0.3) is 0 Å². The summed E-state index contributed by atoms with van der Waals surface area (Å²) in [5, 5.41) is 0.484. The molecular formula is C25H43N3O7S. The van der Waals surface area contributed by atoms with Crippen LogP contribution in [0.15, 0.2) is 0 Å². The molecule has 0 unspecified atom stereocenters. The normalized spacial score (nSPS) is 31.4. The van der Waals surface area contributed by atoms with Gasteiger partial charge in [0.1, 0.15) is 17.2 Å². The zero-order valence-electron chi connectivity index (χ0n) is 25.8. The van der Waals surface area contributed by atoms with Gasteiger partial charge in [0.25, 0.3) is 5.91 Å². The minimum atomic E-state index is -4.16. The zero-order valence-corrected chi connectivity index (χ0v) is 23.6. The Bertz CT molecular complexity index is 1130. The topological polar surface area (TPSA) is 122 Å². The van der Waals surface area contributed by atoms with E-state index in [-0.39, 0.29) is 17.1 Å². The largest absolute Gasteiger partial charge is 0.443 e. The van der Waals surface area contributed by atoms with Crippen molar-refractivity contribution in [2.24, 2.45) is 22.7 Å². The summed E-state index contributed by atoms with van der Waals surface area (Å²) in [5.74, 6) is -2.70. The van der Waals surface area contributed by atoms with Gasteiger partial charge in [-0.05, 0) is 78.1 Å². The van der Waals surface area contributed by atoms with Gasteiger partial charge < -0.3 is 9.47 Å². The Balaban J connectivity index is 2.12. The van der Waals surface area contributed by atoms with E-state index in [1.807, 2.05) is 13.8 Å². The molecule has 2 aliphatic carbocycles. The van der Waals surface area contributed by atoms with Crippen LogP contribution in [0.1, 0.15) is 92.5 Å². The number of nitrogens with zero attached hydrogens (tertiary/aromatic N) is 2. The maximum absolute atomic E-state index is 14.3. The highest BCUT2D eigenvalue weighted by Crippen LogP contribution is 2.70. The highest BCUT2D eigenvalue weighted by atomic mass is 32.2. The average molecular weight is 533 g/mol. The highest BCUT2D eigenvalue weighted by molar-refractivity contribution is 7.90. The van der Waals surface area contributed by atoms with Crippen molar-refractivity contribution in [1.82, 2.24) is 14.7 Å². The summed E-state index contributed by atoms with van der Waals surface area (Å²) in [6, 6.07) is -2.59. The Hall–Kier alpha value is -2.04. The number of nitrogens with one attached hydrogen (secondary N) is 1. The molecule has 5 atom stereocenters. The van der Waals surface area contributed by atoms with Crippen molar-refractivity contribution in [3.05, 3.63) is 0 Å². The van der Waals surface area contributed by atoms with Gasteiger partial charge in [0, 0.05) is 9.53 Å². The molecule has 3 fully saturated rings. The molecule has 36 heavy (non-hydrogen) atoms. The predicted molar refractivity (Wildman–Crippen MR) is 134 cm³/mol. The number of amides is 3. The van der Waals surface area contributed by atoms with Gasteiger partial charge in [-0.25, -0.2) is 32.7 Å². The Kier molecular flexibility index (Phi) is 5.92.